The first-order valence-electron chi connectivity index (χ1n) is 3.46. The third-order valence-electron chi connectivity index (χ3n) is 1.46. The van der Waals surface area contributed by atoms with Crippen LogP contribution in [0.3, 0.4) is 0 Å². The fraction of sp³-hybridized carbons (Fsp3) is 0. The Bertz CT molecular complexity index is 428. The van der Waals surface area contributed by atoms with E-state index in [0.29, 0.717) is 11.0 Å². The minimum Gasteiger partial charge on any atom is -0.374 e. The molecule has 4 nitrogen and oxygen atoms in total. The summed E-state index contributed by atoms with van der Waals surface area (Å²) in [6.45, 7) is 0. The van der Waals surface area contributed by atoms with Crippen molar-refractivity contribution in [3.63, 3.8) is 0 Å². The maximum absolute atomic E-state index is 5.48. The Morgan fingerprint density at radius 2 is 2.31 bits per heavy atom. The minimum atomic E-state index is 0.471. The molecular weight excluding hydrogens is 252 g/mol. The third-order valence-corrected chi connectivity index (χ3v) is 2.63. The summed E-state index contributed by atoms with van der Waals surface area (Å²) in [6, 6.07) is 1.84. The molecule has 2 N–H and O–H groups in total. The molecule has 0 amide bonds. The number of hydrogen-bond acceptors (Lipinski definition) is 5. The maximum Gasteiger partial charge on any atom is 0.200 e. The van der Waals surface area contributed by atoms with E-state index in [-0.39, 0.29) is 0 Å². The molecule has 2 heterocycles. The molecule has 6 heteroatoms. The highest BCUT2D eigenvalue weighted by molar-refractivity contribution is 9.10. The average molecular weight is 257 g/mol. The van der Waals surface area contributed by atoms with Gasteiger partial charge in [0.2, 0.25) is 0 Å². The van der Waals surface area contributed by atoms with Crippen LogP contribution in [0, 0.1) is 0 Å². The highest BCUT2D eigenvalue weighted by Crippen LogP contribution is 2.25. The molecule has 0 bridgehead atoms. The summed E-state index contributed by atoms with van der Waals surface area (Å²) < 4.78 is 4.96. The number of nitrogens with two attached hydrogens (primary N) is 1. The van der Waals surface area contributed by atoms with E-state index in [0.717, 1.165) is 10.0 Å². The number of nitrogen functional groups attached to an aromatic ring is 1. The van der Waals surface area contributed by atoms with Crippen molar-refractivity contribution in [1.29, 1.82) is 0 Å². The molecule has 13 heavy (non-hydrogen) atoms. The molecule has 0 aliphatic rings. The van der Waals surface area contributed by atoms with Gasteiger partial charge in [0, 0.05) is 34.0 Å². The van der Waals surface area contributed by atoms with Crippen LogP contribution in [0.2, 0.25) is 0 Å². The standard InChI is InChI=1S/C7H5BrN4S/c8-5-3-10-2-1-4(5)6-11-7(9)13-12-6/h1-3H,(H2,9,11,12). The van der Waals surface area contributed by atoms with Crippen LogP contribution >= 0.6 is 27.5 Å². The van der Waals surface area contributed by atoms with E-state index in [2.05, 4.69) is 30.3 Å². The molecule has 0 fully saturated rings. The normalized spacial score (nSPS) is 10.2. The molecule has 0 radical (unpaired) electrons. The molecule has 0 aliphatic carbocycles. The highest BCUT2D eigenvalue weighted by atomic mass is 79.9. The molecule has 2 aromatic rings. The van der Waals surface area contributed by atoms with E-state index in [1.807, 2.05) is 6.07 Å². The van der Waals surface area contributed by atoms with Crippen molar-refractivity contribution in [3.05, 3.63) is 22.9 Å². The number of halogens is 1. The van der Waals surface area contributed by atoms with Gasteiger partial charge in [-0.3, -0.25) is 4.98 Å². The largest absolute Gasteiger partial charge is 0.374 e. The summed E-state index contributed by atoms with van der Waals surface area (Å²) in [6.07, 6.45) is 3.39. The van der Waals surface area contributed by atoms with E-state index in [9.17, 15) is 0 Å². The van der Waals surface area contributed by atoms with Gasteiger partial charge in [0.1, 0.15) is 0 Å². The van der Waals surface area contributed by atoms with Crippen LogP contribution in [0.4, 0.5) is 5.13 Å². The van der Waals surface area contributed by atoms with Crippen molar-refractivity contribution >= 4 is 32.6 Å². The lowest BCUT2D eigenvalue weighted by molar-refractivity contribution is 1.27. The van der Waals surface area contributed by atoms with Crippen molar-refractivity contribution in [2.24, 2.45) is 0 Å². The molecule has 2 rings (SSSR count). The average Bonchev–Trinajstić information content (AvgIpc) is 2.53. The van der Waals surface area contributed by atoms with Crippen LogP contribution in [-0.2, 0) is 0 Å². The van der Waals surface area contributed by atoms with Gasteiger partial charge in [-0.25, -0.2) is 0 Å². The Hall–Kier alpha value is -1.01. The van der Waals surface area contributed by atoms with E-state index in [4.69, 9.17) is 5.73 Å². The molecular formula is C7H5BrN4S. The van der Waals surface area contributed by atoms with Crippen LogP contribution in [0.25, 0.3) is 11.4 Å². The van der Waals surface area contributed by atoms with Gasteiger partial charge in [-0.1, -0.05) is 0 Å². The summed E-state index contributed by atoms with van der Waals surface area (Å²) in [7, 11) is 0. The maximum atomic E-state index is 5.48. The van der Waals surface area contributed by atoms with Crippen LogP contribution in [0.1, 0.15) is 0 Å². The number of aromatic nitrogens is 3. The number of hydrogen-bond donors (Lipinski definition) is 1. The van der Waals surface area contributed by atoms with Crippen LogP contribution in [-0.4, -0.2) is 14.3 Å². The predicted molar refractivity (Wildman–Crippen MR) is 55.3 cm³/mol. The number of nitrogens with zero attached hydrogens (tertiary/aromatic N) is 3. The number of rotatable bonds is 1. The second-order valence-corrected chi connectivity index (χ2v) is 3.95. The summed E-state index contributed by atoms with van der Waals surface area (Å²) in [4.78, 5) is 8.02. The van der Waals surface area contributed by atoms with Crippen molar-refractivity contribution in [1.82, 2.24) is 14.3 Å². The van der Waals surface area contributed by atoms with Crippen molar-refractivity contribution in [2.45, 2.75) is 0 Å². The molecule has 0 aromatic carbocycles. The van der Waals surface area contributed by atoms with Crippen molar-refractivity contribution < 1.29 is 0 Å². The van der Waals surface area contributed by atoms with Crippen molar-refractivity contribution in [3.8, 4) is 11.4 Å². The van der Waals surface area contributed by atoms with Gasteiger partial charge < -0.3 is 5.73 Å². The Morgan fingerprint density at radius 3 is 2.92 bits per heavy atom. The zero-order valence-electron chi connectivity index (χ0n) is 6.44. The fourth-order valence-electron chi connectivity index (χ4n) is 0.901. The molecule has 0 saturated heterocycles. The summed E-state index contributed by atoms with van der Waals surface area (Å²) in [5, 5.41) is 0.471. The second-order valence-electron chi connectivity index (χ2n) is 2.31. The summed E-state index contributed by atoms with van der Waals surface area (Å²) in [5.74, 6) is 0.636. The minimum absolute atomic E-state index is 0.471. The summed E-state index contributed by atoms with van der Waals surface area (Å²) in [5.41, 5.74) is 6.39. The third kappa shape index (κ3) is 1.68. The van der Waals surface area contributed by atoms with Gasteiger partial charge in [0.15, 0.2) is 11.0 Å². The first-order chi connectivity index (χ1) is 6.27. The molecule has 66 valence electrons. The molecule has 0 atom stereocenters. The highest BCUT2D eigenvalue weighted by Gasteiger charge is 2.07. The van der Waals surface area contributed by atoms with Crippen molar-refractivity contribution in [2.75, 3.05) is 5.73 Å². The van der Waals surface area contributed by atoms with Crippen LogP contribution in [0.5, 0.6) is 0 Å². The quantitative estimate of drug-likeness (QED) is 0.847. The van der Waals surface area contributed by atoms with Gasteiger partial charge in [0.05, 0.1) is 0 Å². The lowest BCUT2D eigenvalue weighted by Crippen LogP contribution is -1.85. The molecule has 0 unspecified atom stereocenters. The Labute approximate surface area is 87.1 Å². The van der Waals surface area contributed by atoms with E-state index >= 15 is 0 Å². The van der Waals surface area contributed by atoms with E-state index in [1.165, 1.54) is 11.5 Å². The topological polar surface area (TPSA) is 64.7 Å². The van der Waals surface area contributed by atoms with Gasteiger partial charge in [-0.15, -0.1) is 0 Å². The predicted octanol–water partition coefficient (Wildman–Crippen LogP) is 1.94. The fourth-order valence-corrected chi connectivity index (χ4v) is 1.78. The monoisotopic (exact) mass is 256 g/mol. The number of pyridine rings is 1. The van der Waals surface area contributed by atoms with Gasteiger partial charge in [-0.05, 0) is 22.0 Å². The number of anilines is 1. The summed E-state index contributed by atoms with van der Waals surface area (Å²) >= 11 is 4.55. The van der Waals surface area contributed by atoms with Gasteiger partial charge >= 0.3 is 0 Å². The lowest BCUT2D eigenvalue weighted by atomic mass is 10.2. The van der Waals surface area contributed by atoms with Gasteiger partial charge in [0.25, 0.3) is 0 Å². The Balaban J connectivity index is 2.52. The Morgan fingerprint density at radius 1 is 1.46 bits per heavy atom. The van der Waals surface area contributed by atoms with Gasteiger partial charge in [-0.2, -0.15) is 9.36 Å². The first-order valence-corrected chi connectivity index (χ1v) is 5.03. The molecule has 0 aliphatic heterocycles. The van der Waals surface area contributed by atoms with Crippen LogP contribution < -0.4 is 5.73 Å². The van der Waals surface area contributed by atoms with E-state index < -0.39 is 0 Å². The Kier molecular flexibility index (Phi) is 2.24. The second kappa shape index (κ2) is 3.39. The van der Waals surface area contributed by atoms with Crippen LogP contribution in [0.15, 0.2) is 22.9 Å². The van der Waals surface area contributed by atoms with E-state index in [1.54, 1.807) is 12.4 Å². The zero-order valence-corrected chi connectivity index (χ0v) is 8.84. The zero-order chi connectivity index (χ0) is 9.26. The molecule has 0 saturated carbocycles. The smallest absolute Gasteiger partial charge is 0.200 e. The molecule has 0 spiro atoms. The first kappa shape index (κ1) is 8.58. The SMILES string of the molecule is Nc1nc(-c2ccncc2Br)ns1. The molecule has 2 aromatic heterocycles. The lowest BCUT2D eigenvalue weighted by Gasteiger charge is -1.96.